The lowest BCUT2D eigenvalue weighted by Crippen LogP contribution is -2.18. The van der Waals surface area contributed by atoms with Gasteiger partial charge in [-0.25, -0.2) is 0 Å². The van der Waals surface area contributed by atoms with Gasteiger partial charge in [0.05, 0.1) is 5.38 Å². The summed E-state index contributed by atoms with van der Waals surface area (Å²) < 4.78 is 2.30. The highest BCUT2D eigenvalue weighted by molar-refractivity contribution is 7.99. The molecule has 1 unspecified atom stereocenters. The third-order valence-corrected chi connectivity index (χ3v) is 5.23. The standard InChI is InChI=1S/C15H22ClNOS/c1-10-8-14(15(18)11(2)16)12(3)17(10)9-13-4-6-19-7-5-13/h8,11,13H,4-7,9H2,1-3H3. The quantitative estimate of drug-likeness (QED) is 0.618. The van der Waals surface area contributed by atoms with Gasteiger partial charge in [0.25, 0.3) is 0 Å². The molecule has 4 heteroatoms. The normalized spacial score (nSPS) is 18.5. The lowest BCUT2D eigenvalue weighted by atomic mass is 10.0. The Kier molecular flexibility index (Phi) is 5.02. The predicted molar refractivity (Wildman–Crippen MR) is 83.6 cm³/mol. The molecule has 1 aliphatic rings. The summed E-state index contributed by atoms with van der Waals surface area (Å²) in [6.45, 7) is 6.91. The lowest BCUT2D eigenvalue weighted by Gasteiger charge is -2.23. The van der Waals surface area contributed by atoms with Crippen molar-refractivity contribution in [3.63, 3.8) is 0 Å². The smallest absolute Gasteiger partial charge is 0.182 e. The van der Waals surface area contributed by atoms with Gasteiger partial charge in [0.2, 0.25) is 0 Å². The first kappa shape index (κ1) is 15.0. The molecule has 0 bridgehead atoms. The molecule has 1 aliphatic heterocycles. The third-order valence-electron chi connectivity index (χ3n) is 3.98. The molecule has 2 heterocycles. The molecular formula is C15H22ClNOS. The van der Waals surface area contributed by atoms with Crippen molar-refractivity contribution in [2.45, 2.75) is 45.5 Å². The van der Waals surface area contributed by atoms with E-state index >= 15 is 0 Å². The fourth-order valence-electron chi connectivity index (χ4n) is 2.73. The summed E-state index contributed by atoms with van der Waals surface area (Å²) >= 11 is 7.98. The van der Waals surface area contributed by atoms with Gasteiger partial charge in [0.15, 0.2) is 5.78 Å². The highest BCUT2D eigenvalue weighted by atomic mass is 35.5. The number of carbonyl (C=O) groups is 1. The van der Waals surface area contributed by atoms with E-state index in [2.05, 4.69) is 23.3 Å². The van der Waals surface area contributed by atoms with Crippen LogP contribution in [-0.2, 0) is 6.54 Å². The number of nitrogens with zero attached hydrogens (tertiary/aromatic N) is 1. The van der Waals surface area contributed by atoms with Gasteiger partial charge >= 0.3 is 0 Å². The second kappa shape index (κ2) is 6.36. The SMILES string of the molecule is Cc1cc(C(=O)C(C)Cl)c(C)n1CC1CCSCC1. The Hall–Kier alpha value is -0.410. The first-order valence-electron chi connectivity index (χ1n) is 6.93. The van der Waals surface area contributed by atoms with Gasteiger partial charge in [-0.05, 0) is 57.1 Å². The Bertz CT molecular complexity index is 461. The van der Waals surface area contributed by atoms with E-state index in [1.807, 2.05) is 13.0 Å². The number of carbonyl (C=O) groups excluding carboxylic acids is 1. The Morgan fingerprint density at radius 3 is 2.68 bits per heavy atom. The molecule has 0 aromatic carbocycles. The molecule has 0 radical (unpaired) electrons. The van der Waals surface area contributed by atoms with E-state index in [-0.39, 0.29) is 5.78 Å². The number of ketones is 1. The van der Waals surface area contributed by atoms with Crippen LogP contribution in [-0.4, -0.2) is 27.2 Å². The molecule has 0 amide bonds. The monoisotopic (exact) mass is 299 g/mol. The van der Waals surface area contributed by atoms with Crippen molar-refractivity contribution < 1.29 is 4.79 Å². The molecule has 1 saturated heterocycles. The molecule has 0 saturated carbocycles. The molecule has 2 rings (SSSR count). The highest BCUT2D eigenvalue weighted by Gasteiger charge is 2.21. The summed E-state index contributed by atoms with van der Waals surface area (Å²) in [4.78, 5) is 12.1. The molecule has 19 heavy (non-hydrogen) atoms. The van der Waals surface area contributed by atoms with Crippen LogP contribution in [0.5, 0.6) is 0 Å². The summed E-state index contributed by atoms with van der Waals surface area (Å²) in [5.74, 6) is 3.34. The van der Waals surface area contributed by atoms with Crippen LogP contribution >= 0.6 is 23.4 Å². The van der Waals surface area contributed by atoms with Crippen LogP contribution in [0, 0.1) is 19.8 Å². The predicted octanol–water partition coefficient (Wildman–Crippen LogP) is 4.06. The highest BCUT2D eigenvalue weighted by Crippen LogP contribution is 2.27. The van der Waals surface area contributed by atoms with Crippen LogP contribution in [0.15, 0.2) is 6.07 Å². The van der Waals surface area contributed by atoms with Crippen LogP contribution in [0.2, 0.25) is 0 Å². The zero-order valence-corrected chi connectivity index (χ0v) is 13.5. The minimum absolute atomic E-state index is 0.0419. The van der Waals surface area contributed by atoms with Crippen LogP contribution in [0.25, 0.3) is 0 Å². The molecule has 1 fully saturated rings. The van der Waals surface area contributed by atoms with Crippen molar-refractivity contribution in [2.75, 3.05) is 11.5 Å². The Labute approximate surface area is 124 Å². The fourth-order valence-corrected chi connectivity index (χ4v) is 4.05. The Morgan fingerprint density at radius 1 is 1.47 bits per heavy atom. The Balaban J connectivity index is 2.19. The largest absolute Gasteiger partial charge is 0.348 e. The summed E-state index contributed by atoms with van der Waals surface area (Å²) in [5, 5.41) is -0.444. The van der Waals surface area contributed by atoms with Crippen molar-refractivity contribution in [2.24, 2.45) is 5.92 Å². The number of aryl methyl sites for hydroxylation is 1. The van der Waals surface area contributed by atoms with E-state index < -0.39 is 5.38 Å². The van der Waals surface area contributed by atoms with E-state index in [0.717, 1.165) is 23.7 Å². The first-order chi connectivity index (χ1) is 9.00. The maximum Gasteiger partial charge on any atom is 0.182 e. The first-order valence-corrected chi connectivity index (χ1v) is 8.52. The molecule has 1 aromatic heterocycles. The summed E-state index contributed by atoms with van der Waals surface area (Å²) in [7, 11) is 0. The van der Waals surface area contributed by atoms with Crippen molar-refractivity contribution in [1.29, 1.82) is 0 Å². The van der Waals surface area contributed by atoms with Gasteiger partial charge in [-0.15, -0.1) is 11.6 Å². The van der Waals surface area contributed by atoms with E-state index in [9.17, 15) is 4.79 Å². The molecule has 0 N–H and O–H groups in total. The molecule has 1 aromatic rings. The van der Waals surface area contributed by atoms with Crippen molar-refractivity contribution in [3.8, 4) is 0 Å². The van der Waals surface area contributed by atoms with Gasteiger partial charge in [-0.1, -0.05) is 0 Å². The Morgan fingerprint density at radius 2 is 2.11 bits per heavy atom. The zero-order chi connectivity index (χ0) is 14.0. The molecule has 2 nitrogen and oxygen atoms in total. The van der Waals surface area contributed by atoms with Crippen molar-refractivity contribution >= 4 is 29.1 Å². The maximum absolute atomic E-state index is 12.1. The number of halogens is 1. The second-order valence-electron chi connectivity index (χ2n) is 5.43. The number of rotatable bonds is 4. The van der Waals surface area contributed by atoms with Crippen molar-refractivity contribution in [1.82, 2.24) is 4.57 Å². The van der Waals surface area contributed by atoms with Gasteiger partial charge in [0, 0.05) is 23.5 Å². The third kappa shape index (κ3) is 3.38. The van der Waals surface area contributed by atoms with E-state index in [1.54, 1.807) is 6.92 Å². The molecule has 0 spiro atoms. The van der Waals surface area contributed by atoms with Gasteiger partial charge in [-0.3, -0.25) is 4.79 Å². The van der Waals surface area contributed by atoms with Gasteiger partial charge in [-0.2, -0.15) is 11.8 Å². The van der Waals surface area contributed by atoms with E-state index in [4.69, 9.17) is 11.6 Å². The topological polar surface area (TPSA) is 22.0 Å². The summed E-state index contributed by atoms with van der Waals surface area (Å²) in [5.41, 5.74) is 3.05. The van der Waals surface area contributed by atoms with Crippen molar-refractivity contribution in [3.05, 3.63) is 23.0 Å². The lowest BCUT2D eigenvalue weighted by molar-refractivity contribution is 0.0991. The van der Waals surface area contributed by atoms with Crippen LogP contribution in [0.1, 0.15) is 41.5 Å². The minimum Gasteiger partial charge on any atom is -0.348 e. The molecule has 106 valence electrons. The van der Waals surface area contributed by atoms with E-state index in [1.165, 1.54) is 30.0 Å². The minimum atomic E-state index is -0.444. The fraction of sp³-hybridized carbons (Fsp3) is 0.667. The number of Topliss-reactive ketones (excluding diaryl/α,β-unsaturated/α-hetero) is 1. The van der Waals surface area contributed by atoms with Crippen LogP contribution in [0.3, 0.4) is 0 Å². The zero-order valence-electron chi connectivity index (χ0n) is 11.9. The maximum atomic E-state index is 12.1. The number of hydrogen-bond acceptors (Lipinski definition) is 2. The van der Waals surface area contributed by atoms with Gasteiger partial charge < -0.3 is 4.57 Å². The summed E-state index contributed by atoms with van der Waals surface area (Å²) in [6.07, 6.45) is 2.58. The average molecular weight is 300 g/mol. The molecule has 1 atom stereocenters. The van der Waals surface area contributed by atoms with Crippen LogP contribution in [0.4, 0.5) is 0 Å². The number of thioether (sulfide) groups is 1. The van der Waals surface area contributed by atoms with E-state index in [0.29, 0.717) is 0 Å². The number of hydrogen-bond donors (Lipinski definition) is 0. The average Bonchev–Trinajstić information content (AvgIpc) is 2.67. The van der Waals surface area contributed by atoms with Crippen LogP contribution < -0.4 is 0 Å². The van der Waals surface area contributed by atoms with Gasteiger partial charge in [0.1, 0.15) is 0 Å². The molecule has 0 aliphatic carbocycles. The molecular weight excluding hydrogens is 278 g/mol. The second-order valence-corrected chi connectivity index (χ2v) is 7.31. The number of aromatic nitrogens is 1. The summed E-state index contributed by atoms with van der Waals surface area (Å²) in [6, 6.07) is 1.99. The number of alkyl halides is 1.